The highest BCUT2D eigenvalue weighted by atomic mass is 16.6. The summed E-state index contributed by atoms with van der Waals surface area (Å²) in [6.45, 7) is 4.54. The molecule has 1 aromatic rings. The van der Waals surface area contributed by atoms with Crippen LogP contribution in [0.1, 0.15) is 24.2 Å². The molecule has 0 saturated heterocycles. The number of hydrogen-bond acceptors (Lipinski definition) is 6. The van der Waals surface area contributed by atoms with Gasteiger partial charge in [0.2, 0.25) is 0 Å². The van der Waals surface area contributed by atoms with Crippen LogP contribution in [0.2, 0.25) is 0 Å². The van der Waals surface area contributed by atoms with Crippen molar-refractivity contribution >= 4 is 17.3 Å². The highest BCUT2D eigenvalue weighted by Gasteiger charge is 2.21. The lowest BCUT2D eigenvalue weighted by Crippen LogP contribution is -2.36. The van der Waals surface area contributed by atoms with Crippen molar-refractivity contribution in [3.8, 4) is 0 Å². The molecule has 8 nitrogen and oxygen atoms in total. The summed E-state index contributed by atoms with van der Waals surface area (Å²) in [5, 5.41) is 13.6. The molecule has 0 aliphatic heterocycles. The summed E-state index contributed by atoms with van der Waals surface area (Å²) in [6.07, 6.45) is 0. The van der Waals surface area contributed by atoms with Gasteiger partial charge in [0.1, 0.15) is 5.69 Å². The Morgan fingerprint density at radius 1 is 1.55 bits per heavy atom. The first kappa shape index (κ1) is 15.9. The zero-order valence-electron chi connectivity index (χ0n) is 11.4. The Kier molecular flexibility index (Phi) is 5.88. The van der Waals surface area contributed by atoms with E-state index >= 15 is 0 Å². The summed E-state index contributed by atoms with van der Waals surface area (Å²) >= 11 is 0. The van der Waals surface area contributed by atoms with Gasteiger partial charge in [-0.15, -0.1) is 0 Å². The molecule has 1 amide bonds. The zero-order chi connectivity index (χ0) is 15.1. The van der Waals surface area contributed by atoms with E-state index in [0.717, 1.165) is 0 Å². The number of benzene rings is 1. The molecule has 0 spiro atoms. The highest BCUT2D eigenvalue weighted by molar-refractivity contribution is 6.01. The van der Waals surface area contributed by atoms with Crippen molar-refractivity contribution in [2.45, 2.75) is 19.9 Å². The van der Waals surface area contributed by atoms with Gasteiger partial charge in [-0.25, -0.2) is 0 Å². The van der Waals surface area contributed by atoms with Crippen molar-refractivity contribution in [3.05, 3.63) is 33.9 Å². The largest absolute Gasteiger partial charge is 0.380 e. The summed E-state index contributed by atoms with van der Waals surface area (Å²) < 4.78 is 5.19. The minimum absolute atomic E-state index is 0.0152. The maximum absolute atomic E-state index is 12.1. The van der Waals surface area contributed by atoms with Gasteiger partial charge in [0.25, 0.3) is 11.6 Å². The fourth-order valence-corrected chi connectivity index (χ4v) is 1.67. The summed E-state index contributed by atoms with van der Waals surface area (Å²) in [7, 11) is 0. The van der Waals surface area contributed by atoms with E-state index in [1.54, 1.807) is 6.92 Å². The van der Waals surface area contributed by atoms with Crippen molar-refractivity contribution in [2.75, 3.05) is 18.6 Å². The first-order chi connectivity index (χ1) is 9.51. The lowest BCUT2D eigenvalue weighted by Gasteiger charge is -2.15. The average Bonchev–Trinajstić information content (AvgIpc) is 2.43. The van der Waals surface area contributed by atoms with E-state index in [-0.39, 0.29) is 23.0 Å². The Balaban J connectivity index is 2.93. The van der Waals surface area contributed by atoms with Gasteiger partial charge in [0.15, 0.2) is 0 Å². The van der Waals surface area contributed by atoms with Crippen LogP contribution in [-0.2, 0) is 4.74 Å². The van der Waals surface area contributed by atoms with Gasteiger partial charge in [0, 0.05) is 18.7 Å². The number of anilines is 1. The second kappa shape index (κ2) is 7.41. The maximum atomic E-state index is 12.1. The van der Waals surface area contributed by atoms with Crippen LogP contribution in [0.25, 0.3) is 0 Å². The van der Waals surface area contributed by atoms with Gasteiger partial charge >= 0.3 is 0 Å². The van der Waals surface area contributed by atoms with Gasteiger partial charge in [0.05, 0.1) is 17.1 Å². The molecule has 0 saturated carbocycles. The van der Waals surface area contributed by atoms with Gasteiger partial charge in [-0.05, 0) is 19.9 Å². The molecule has 1 rings (SSSR count). The molecule has 0 heterocycles. The fraction of sp³-hybridized carbons (Fsp3) is 0.417. The number of carbonyl (C=O) groups excluding carboxylic acids is 1. The number of nitrogens with two attached hydrogens (primary N) is 1. The summed E-state index contributed by atoms with van der Waals surface area (Å²) in [6, 6.07) is 3.95. The smallest absolute Gasteiger partial charge is 0.294 e. The third-order valence-corrected chi connectivity index (χ3v) is 2.58. The van der Waals surface area contributed by atoms with Crippen molar-refractivity contribution in [3.63, 3.8) is 0 Å². The molecule has 0 fully saturated rings. The minimum atomic E-state index is -0.602. The lowest BCUT2D eigenvalue weighted by atomic mass is 10.1. The predicted octanol–water partition coefficient (Wildman–Crippen LogP) is 1.04. The van der Waals surface area contributed by atoms with E-state index in [1.165, 1.54) is 18.2 Å². The van der Waals surface area contributed by atoms with E-state index in [2.05, 4.69) is 10.7 Å². The molecule has 0 aliphatic rings. The number of ether oxygens (including phenoxy) is 1. The molecule has 0 aromatic heterocycles. The fourth-order valence-electron chi connectivity index (χ4n) is 1.67. The summed E-state index contributed by atoms with van der Waals surface area (Å²) in [4.78, 5) is 22.4. The van der Waals surface area contributed by atoms with E-state index in [0.29, 0.717) is 13.2 Å². The van der Waals surface area contributed by atoms with Crippen LogP contribution in [0, 0.1) is 10.1 Å². The molecule has 20 heavy (non-hydrogen) atoms. The Bertz CT molecular complexity index is 492. The number of hydrazine groups is 1. The standard InChI is InChI=1S/C12H18N4O4/c1-3-20-7-8(2)14-12(17)9-5-4-6-10(16(18)19)11(9)15-13/h4-6,8,15H,3,7,13H2,1-2H3,(H,14,17). The number of nitro groups is 1. The third kappa shape index (κ3) is 3.90. The van der Waals surface area contributed by atoms with Crippen LogP contribution in [-0.4, -0.2) is 30.1 Å². The van der Waals surface area contributed by atoms with E-state index in [4.69, 9.17) is 10.6 Å². The molecule has 1 unspecified atom stereocenters. The first-order valence-electron chi connectivity index (χ1n) is 6.13. The molecule has 1 aromatic carbocycles. The molecule has 1 atom stereocenters. The quantitative estimate of drug-likeness (QED) is 0.390. The normalized spacial score (nSPS) is 11.8. The van der Waals surface area contributed by atoms with Crippen LogP contribution in [0.5, 0.6) is 0 Å². The van der Waals surface area contributed by atoms with E-state index in [9.17, 15) is 14.9 Å². The second-order valence-corrected chi connectivity index (χ2v) is 4.14. The highest BCUT2D eigenvalue weighted by Crippen LogP contribution is 2.27. The van der Waals surface area contributed by atoms with Crippen LogP contribution in [0.15, 0.2) is 18.2 Å². The van der Waals surface area contributed by atoms with E-state index in [1.807, 2.05) is 6.92 Å². The maximum Gasteiger partial charge on any atom is 0.294 e. The summed E-state index contributed by atoms with van der Waals surface area (Å²) in [5.41, 5.74) is 2.06. The van der Waals surface area contributed by atoms with Crippen LogP contribution in [0.3, 0.4) is 0 Å². The third-order valence-electron chi connectivity index (χ3n) is 2.58. The van der Waals surface area contributed by atoms with Gasteiger partial charge in [-0.2, -0.15) is 0 Å². The Morgan fingerprint density at radius 2 is 2.25 bits per heavy atom. The van der Waals surface area contributed by atoms with Gasteiger partial charge < -0.3 is 15.5 Å². The molecular weight excluding hydrogens is 264 g/mol. The molecule has 110 valence electrons. The lowest BCUT2D eigenvalue weighted by molar-refractivity contribution is -0.384. The molecule has 0 radical (unpaired) electrons. The van der Waals surface area contributed by atoms with Crippen molar-refractivity contribution in [1.82, 2.24) is 5.32 Å². The second-order valence-electron chi connectivity index (χ2n) is 4.14. The van der Waals surface area contributed by atoms with Gasteiger partial charge in [-0.1, -0.05) is 6.07 Å². The topological polar surface area (TPSA) is 120 Å². The number of rotatable bonds is 7. The van der Waals surface area contributed by atoms with Crippen molar-refractivity contribution in [2.24, 2.45) is 5.84 Å². The van der Waals surface area contributed by atoms with Gasteiger partial charge in [-0.3, -0.25) is 20.8 Å². The molecule has 0 aliphatic carbocycles. The number of nitrogens with one attached hydrogen (secondary N) is 2. The number of nitrogens with zero attached hydrogens (tertiary/aromatic N) is 1. The van der Waals surface area contributed by atoms with Crippen LogP contribution >= 0.6 is 0 Å². The number of nitrogen functional groups attached to an aromatic ring is 1. The van der Waals surface area contributed by atoms with E-state index < -0.39 is 10.8 Å². The number of carbonyl (C=O) groups is 1. The average molecular weight is 282 g/mol. The first-order valence-corrected chi connectivity index (χ1v) is 6.13. The SMILES string of the molecule is CCOCC(C)NC(=O)c1cccc([N+](=O)[O-])c1NN. The molecular formula is C12H18N4O4. The monoisotopic (exact) mass is 282 g/mol. The number of amides is 1. The Labute approximate surface area is 116 Å². The molecule has 0 bridgehead atoms. The Hall–Kier alpha value is -2.19. The Morgan fingerprint density at radius 3 is 2.80 bits per heavy atom. The van der Waals surface area contributed by atoms with Crippen molar-refractivity contribution in [1.29, 1.82) is 0 Å². The minimum Gasteiger partial charge on any atom is -0.380 e. The van der Waals surface area contributed by atoms with Crippen LogP contribution < -0.4 is 16.6 Å². The molecule has 4 N–H and O–H groups in total. The van der Waals surface area contributed by atoms with Crippen molar-refractivity contribution < 1.29 is 14.5 Å². The summed E-state index contributed by atoms with van der Waals surface area (Å²) in [5.74, 6) is 4.83. The number of hydrogen-bond donors (Lipinski definition) is 3. The zero-order valence-corrected chi connectivity index (χ0v) is 11.4. The molecule has 8 heteroatoms. The number of para-hydroxylation sites is 1. The number of nitro benzene ring substituents is 1. The van der Waals surface area contributed by atoms with Crippen LogP contribution in [0.4, 0.5) is 11.4 Å². The predicted molar refractivity (Wildman–Crippen MR) is 74.3 cm³/mol.